The third-order valence-corrected chi connectivity index (χ3v) is 3.66. The second kappa shape index (κ2) is 3.79. The molecule has 1 heterocycles. The van der Waals surface area contributed by atoms with Gasteiger partial charge in [0.2, 0.25) is 0 Å². The Balaban J connectivity index is 3.24. The Kier molecular flexibility index (Phi) is 2.63. The Morgan fingerprint density at radius 1 is 1.11 bits per heavy atom. The first kappa shape index (κ1) is 12.5. The summed E-state index contributed by atoms with van der Waals surface area (Å²) in [5, 5.41) is -0.241. The zero-order valence-electron chi connectivity index (χ0n) is 9.57. The predicted octanol–water partition coefficient (Wildman–Crippen LogP) is 0.0799. The molecule has 7 nitrogen and oxygen atoms in total. The van der Waals surface area contributed by atoms with Crippen LogP contribution in [0.1, 0.15) is 11.1 Å². The van der Waals surface area contributed by atoms with E-state index in [2.05, 4.69) is 4.98 Å². The number of aromatic nitrogens is 2. The van der Waals surface area contributed by atoms with Crippen LogP contribution in [0.4, 0.5) is 0 Å². The number of aromatic amines is 2. The van der Waals surface area contributed by atoms with Crippen LogP contribution in [-0.4, -0.2) is 22.9 Å². The van der Waals surface area contributed by atoms with Gasteiger partial charge in [0.25, 0.3) is 15.7 Å². The van der Waals surface area contributed by atoms with Crippen molar-refractivity contribution in [3.8, 4) is 0 Å². The largest absolute Gasteiger partial charge is 0.326 e. The van der Waals surface area contributed by atoms with Gasteiger partial charge in [0.05, 0.1) is 10.9 Å². The topological polar surface area (TPSA) is 120 Å². The molecule has 3 N–H and O–H groups in total. The second-order valence-electron chi connectivity index (χ2n) is 3.97. The first-order chi connectivity index (χ1) is 8.21. The summed E-state index contributed by atoms with van der Waals surface area (Å²) in [6.45, 7) is 3.08. The SMILES string of the molecule is Cc1cc(C)c2[nH]c(=O)[nH]c(=O)c2c1S(=O)(=O)O. The maximum absolute atomic E-state index is 11.7. The van der Waals surface area contributed by atoms with Crippen LogP contribution in [-0.2, 0) is 10.1 Å². The molecule has 0 aliphatic rings. The van der Waals surface area contributed by atoms with Crippen molar-refractivity contribution >= 4 is 21.0 Å². The van der Waals surface area contributed by atoms with Crippen LogP contribution >= 0.6 is 0 Å². The van der Waals surface area contributed by atoms with Crippen LogP contribution in [0.15, 0.2) is 20.6 Å². The lowest BCUT2D eigenvalue weighted by Gasteiger charge is -2.08. The molecule has 18 heavy (non-hydrogen) atoms. The van der Waals surface area contributed by atoms with Gasteiger partial charge in [-0.05, 0) is 25.0 Å². The molecule has 0 radical (unpaired) electrons. The summed E-state index contributed by atoms with van der Waals surface area (Å²) in [5.41, 5.74) is -0.714. The number of H-pyrrole nitrogens is 2. The molecule has 0 fully saturated rings. The highest BCUT2D eigenvalue weighted by molar-refractivity contribution is 7.86. The van der Waals surface area contributed by atoms with E-state index in [1.807, 2.05) is 4.98 Å². The number of nitrogens with one attached hydrogen (secondary N) is 2. The van der Waals surface area contributed by atoms with Crippen molar-refractivity contribution in [2.24, 2.45) is 0 Å². The normalized spacial score (nSPS) is 11.9. The summed E-state index contributed by atoms with van der Waals surface area (Å²) in [6, 6.07) is 1.47. The second-order valence-corrected chi connectivity index (χ2v) is 5.33. The quantitative estimate of drug-likeness (QED) is 0.634. The average Bonchev–Trinajstić information content (AvgIpc) is 2.17. The molecule has 96 valence electrons. The fourth-order valence-corrected chi connectivity index (χ4v) is 2.91. The van der Waals surface area contributed by atoms with Crippen molar-refractivity contribution < 1.29 is 13.0 Å². The summed E-state index contributed by atoms with van der Waals surface area (Å²) in [7, 11) is -4.55. The molecule has 1 aromatic heterocycles. The van der Waals surface area contributed by atoms with Crippen LogP contribution in [0, 0.1) is 13.8 Å². The third kappa shape index (κ3) is 1.85. The van der Waals surface area contributed by atoms with E-state index in [9.17, 15) is 22.6 Å². The van der Waals surface area contributed by atoms with Crippen molar-refractivity contribution in [3.05, 3.63) is 38.0 Å². The monoisotopic (exact) mass is 270 g/mol. The van der Waals surface area contributed by atoms with E-state index in [1.165, 1.54) is 13.0 Å². The van der Waals surface area contributed by atoms with E-state index < -0.39 is 26.3 Å². The van der Waals surface area contributed by atoms with E-state index in [0.717, 1.165) is 0 Å². The van der Waals surface area contributed by atoms with Gasteiger partial charge in [-0.1, -0.05) is 6.07 Å². The first-order valence-corrected chi connectivity index (χ1v) is 6.40. The number of aryl methyl sites for hydroxylation is 2. The van der Waals surface area contributed by atoms with Crippen molar-refractivity contribution in [2.45, 2.75) is 18.7 Å². The first-order valence-electron chi connectivity index (χ1n) is 4.96. The van der Waals surface area contributed by atoms with Crippen molar-refractivity contribution in [1.82, 2.24) is 9.97 Å². The summed E-state index contributed by atoms with van der Waals surface area (Å²) in [4.78, 5) is 26.7. The Labute approximate surface area is 101 Å². The molecule has 1 aromatic carbocycles. The Morgan fingerprint density at radius 2 is 1.72 bits per heavy atom. The Hall–Kier alpha value is -1.93. The molecule has 0 amide bonds. The molecule has 0 aliphatic heterocycles. The molecular weight excluding hydrogens is 260 g/mol. The third-order valence-electron chi connectivity index (χ3n) is 2.61. The fourth-order valence-electron chi connectivity index (χ4n) is 1.99. The van der Waals surface area contributed by atoms with E-state index >= 15 is 0 Å². The van der Waals surface area contributed by atoms with Gasteiger partial charge in [-0.3, -0.25) is 14.3 Å². The minimum absolute atomic E-state index is 0.0991. The summed E-state index contributed by atoms with van der Waals surface area (Å²) < 4.78 is 31.8. The predicted molar refractivity (Wildman–Crippen MR) is 64.5 cm³/mol. The van der Waals surface area contributed by atoms with Crippen LogP contribution in [0.3, 0.4) is 0 Å². The maximum Gasteiger partial charge on any atom is 0.326 e. The molecule has 2 aromatic rings. The fraction of sp³-hybridized carbons (Fsp3) is 0.200. The van der Waals surface area contributed by atoms with Gasteiger partial charge in [0.1, 0.15) is 4.90 Å². The highest BCUT2D eigenvalue weighted by atomic mass is 32.2. The molecule has 0 saturated heterocycles. The van der Waals surface area contributed by atoms with Crippen LogP contribution in [0.5, 0.6) is 0 Å². The zero-order valence-corrected chi connectivity index (χ0v) is 10.4. The lowest BCUT2D eigenvalue weighted by atomic mass is 10.1. The number of rotatable bonds is 1. The van der Waals surface area contributed by atoms with Crippen molar-refractivity contribution in [2.75, 3.05) is 0 Å². The number of hydrogen-bond acceptors (Lipinski definition) is 4. The highest BCUT2D eigenvalue weighted by Gasteiger charge is 2.21. The molecule has 0 aliphatic carbocycles. The van der Waals surface area contributed by atoms with E-state index in [4.69, 9.17) is 0 Å². The van der Waals surface area contributed by atoms with E-state index in [1.54, 1.807) is 6.92 Å². The molecule has 0 bridgehead atoms. The van der Waals surface area contributed by atoms with Gasteiger partial charge < -0.3 is 4.98 Å². The molecule has 0 unspecified atom stereocenters. The lowest BCUT2D eigenvalue weighted by Crippen LogP contribution is -2.24. The van der Waals surface area contributed by atoms with Crippen LogP contribution in [0.2, 0.25) is 0 Å². The minimum Gasteiger partial charge on any atom is -0.307 e. The number of fused-ring (bicyclic) bond motifs is 1. The number of benzene rings is 1. The summed E-state index contributed by atoms with van der Waals surface area (Å²) in [6.07, 6.45) is 0. The zero-order chi connectivity index (χ0) is 13.7. The van der Waals surface area contributed by atoms with E-state index in [0.29, 0.717) is 5.56 Å². The molecule has 2 rings (SSSR count). The molecular formula is C10H10N2O5S. The molecule has 8 heteroatoms. The van der Waals surface area contributed by atoms with Crippen LogP contribution < -0.4 is 11.2 Å². The molecule has 0 spiro atoms. The van der Waals surface area contributed by atoms with Gasteiger partial charge >= 0.3 is 5.69 Å². The summed E-state index contributed by atoms with van der Waals surface area (Å²) >= 11 is 0. The van der Waals surface area contributed by atoms with Gasteiger partial charge in [0.15, 0.2) is 0 Å². The Morgan fingerprint density at radius 3 is 2.28 bits per heavy atom. The van der Waals surface area contributed by atoms with Gasteiger partial charge in [-0.15, -0.1) is 0 Å². The van der Waals surface area contributed by atoms with Gasteiger partial charge in [-0.25, -0.2) is 4.79 Å². The standard InChI is InChI=1S/C10H10N2O5S/c1-4-3-5(2)8(18(15,16)17)6-7(4)11-10(14)12-9(6)13/h3H,1-2H3,(H,15,16,17)(H2,11,12,13,14). The summed E-state index contributed by atoms with van der Waals surface area (Å²) in [5.74, 6) is 0. The van der Waals surface area contributed by atoms with Crippen molar-refractivity contribution in [1.29, 1.82) is 0 Å². The number of hydrogen-bond donors (Lipinski definition) is 3. The van der Waals surface area contributed by atoms with Crippen molar-refractivity contribution in [3.63, 3.8) is 0 Å². The van der Waals surface area contributed by atoms with Gasteiger partial charge in [-0.2, -0.15) is 8.42 Å². The smallest absolute Gasteiger partial charge is 0.307 e. The average molecular weight is 270 g/mol. The van der Waals surface area contributed by atoms with Crippen LogP contribution in [0.25, 0.3) is 10.9 Å². The van der Waals surface area contributed by atoms with Gasteiger partial charge in [0, 0.05) is 0 Å². The minimum atomic E-state index is -4.55. The molecule has 0 atom stereocenters. The highest BCUT2D eigenvalue weighted by Crippen LogP contribution is 2.24. The molecule has 0 saturated carbocycles. The maximum atomic E-state index is 11.7. The lowest BCUT2D eigenvalue weighted by molar-refractivity contribution is 0.483. The Bertz CT molecular complexity index is 860. The van der Waals surface area contributed by atoms with E-state index in [-0.39, 0.29) is 16.5 Å².